The minimum absolute atomic E-state index is 0.0889. The normalized spacial score (nSPS) is 10.5. The van der Waals surface area contributed by atoms with Crippen molar-refractivity contribution in [1.82, 2.24) is 4.37 Å². The van der Waals surface area contributed by atoms with Gasteiger partial charge in [-0.2, -0.15) is 18.4 Å². The maximum absolute atomic E-state index is 11.9. The molecule has 7 heteroatoms. The monoisotopic (exact) mass is 234 g/mol. The first-order valence-electron chi connectivity index (χ1n) is 4.05. The molecule has 0 bridgehead atoms. The van der Waals surface area contributed by atoms with Crippen LogP contribution in [0.5, 0.6) is 10.9 Å². The molecule has 1 rings (SSSR count). The summed E-state index contributed by atoms with van der Waals surface area (Å²) in [5.74, 6) is -0.381. The predicted octanol–water partition coefficient (Wildman–Crippen LogP) is 2.40. The summed E-state index contributed by atoms with van der Waals surface area (Å²) in [7, 11) is 0. The van der Waals surface area contributed by atoms with Crippen molar-refractivity contribution in [3.8, 4) is 17.0 Å². The zero-order valence-electron chi connectivity index (χ0n) is 8.03. The molecule has 1 aromatic heterocycles. The lowest BCUT2D eigenvalue weighted by Crippen LogP contribution is -2.06. The van der Waals surface area contributed by atoms with Gasteiger partial charge in [-0.3, -0.25) is 0 Å². The fourth-order valence-corrected chi connectivity index (χ4v) is 1.57. The Labute approximate surface area is 89.2 Å². The molecule has 0 aliphatic carbocycles. The number of ether oxygens (including phenoxy) is 2. The van der Waals surface area contributed by atoms with E-state index in [0.717, 1.165) is 11.5 Å². The highest BCUT2D eigenvalue weighted by Crippen LogP contribution is 2.33. The van der Waals surface area contributed by atoms with Crippen LogP contribution in [0.15, 0.2) is 0 Å². The number of hydrogen-bond donors (Lipinski definition) is 0. The number of rotatable bonds is 4. The van der Waals surface area contributed by atoms with Crippen molar-refractivity contribution in [2.24, 2.45) is 0 Å². The summed E-state index contributed by atoms with van der Waals surface area (Å²) >= 11 is 0.818. The largest absolute Gasteiger partial charge is 0.479 e. The zero-order valence-corrected chi connectivity index (χ0v) is 8.85. The molecule has 4 nitrogen and oxygen atoms in total. The number of nitrogens with zero attached hydrogens (tertiary/aromatic N) is 2. The Morgan fingerprint density at radius 2 is 2.07 bits per heavy atom. The van der Waals surface area contributed by atoms with Gasteiger partial charge in [0, 0.05) is 11.5 Å². The highest BCUT2D eigenvalue weighted by molar-refractivity contribution is 7.08. The topological polar surface area (TPSA) is 55.1 Å². The van der Waals surface area contributed by atoms with Crippen LogP contribution in [0.1, 0.15) is 19.4 Å². The fraction of sp³-hybridized carbons (Fsp3) is 0.500. The number of alkyl halides is 2. The van der Waals surface area contributed by atoms with Crippen LogP contribution in [0, 0.1) is 11.3 Å². The van der Waals surface area contributed by atoms with E-state index in [9.17, 15) is 8.78 Å². The van der Waals surface area contributed by atoms with Crippen LogP contribution < -0.4 is 9.47 Å². The van der Waals surface area contributed by atoms with Crippen molar-refractivity contribution in [3.05, 3.63) is 5.56 Å². The standard InChI is InChI=1S/C8H8F2N2O2S/c1-4(2)13-7-5(3-11)6(12-15-7)14-8(9)10/h4,8H,1-2H3. The number of hydrogen-bond acceptors (Lipinski definition) is 5. The van der Waals surface area contributed by atoms with E-state index >= 15 is 0 Å². The summed E-state index contributed by atoms with van der Waals surface area (Å²) in [5, 5.41) is 8.92. The molecule has 0 unspecified atom stereocenters. The van der Waals surface area contributed by atoms with E-state index in [4.69, 9.17) is 10.00 Å². The Balaban J connectivity index is 2.91. The molecule has 0 amide bonds. The van der Waals surface area contributed by atoms with Crippen molar-refractivity contribution in [2.75, 3.05) is 0 Å². The Hall–Kier alpha value is -1.42. The fourth-order valence-electron chi connectivity index (χ4n) is 0.814. The van der Waals surface area contributed by atoms with Gasteiger partial charge in [-0.25, -0.2) is 0 Å². The maximum atomic E-state index is 11.9. The smallest absolute Gasteiger partial charge is 0.388 e. The Morgan fingerprint density at radius 1 is 1.40 bits per heavy atom. The van der Waals surface area contributed by atoms with Gasteiger partial charge in [0.1, 0.15) is 6.07 Å². The first-order chi connectivity index (χ1) is 7.04. The highest BCUT2D eigenvalue weighted by Gasteiger charge is 2.19. The van der Waals surface area contributed by atoms with E-state index in [-0.39, 0.29) is 22.6 Å². The van der Waals surface area contributed by atoms with Crippen molar-refractivity contribution in [1.29, 1.82) is 5.26 Å². The summed E-state index contributed by atoms with van der Waals surface area (Å²) in [5.41, 5.74) is -0.0889. The first kappa shape index (κ1) is 11.7. The first-order valence-corrected chi connectivity index (χ1v) is 4.83. The molecule has 1 heterocycles. The second kappa shape index (κ2) is 4.89. The van der Waals surface area contributed by atoms with Gasteiger partial charge in [0.25, 0.3) is 5.88 Å². The second-order valence-corrected chi connectivity index (χ2v) is 3.54. The van der Waals surface area contributed by atoms with Crippen LogP contribution in [0.3, 0.4) is 0 Å². The molecule has 0 aromatic carbocycles. The molecule has 0 saturated heterocycles. The molecule has 0 radical (unpaired) electrons. The Bertz CT molecular complexity index is 346. The Morgan fingerprint density at radius 3 is 2.53 bits per heavy atom. The highest BCUT2D eigenvalue weighted by atomic mass is 32.1. The minimum Gasteiger partial charge on any atom is -0.479 e. The van der Waals surface area contributed by atoms with E-state index in [1.54, 1.807) is 19.9 Å². The molecule has 0 atom stereocenters. The van der Waals surface area contributed by atoms with Crippen LogP contribution >= 0.6 is 11.5 Å². The molecule has 0 saturated carbocycles. The molecule has 0 aliphatic heterocycles. The van der Waals surface area contributed by atoms with Crippen LogP contribution in [-0.4, -0.2) is 17.1 Å². The zero-order chi connectivity index (χ0) is 11.4. The van der Waals surface area contributed by atoms with Gasteiger partial charge in [-0.15, -0.1) is 0 Å². The number of halogens is 2. The lowest BCUT2D eigenvalue weighted by molar-refractivity contribution is -0.0524. The van der Waals surface area contributed by atoms with E-state index in [1.165, 1.54) is 0 Å². The number of nitriles is 1. The third-order valence-corrected chi connectivity index (χ3v) is 2.01. The molecule has 0 spiro atoms. The number of aromatic nitrogens is 1. The molecule has 0 N–H and O–H groups in total. The maximum Gasteiger partial charge on any atom is 0.388 e. The Kier molecular flexibility index (Phi) is 3.80. The summed E-state index contributed by atoms with van der Waals surface area (Å²) in [4.78, 5) is 0. The predicted molar refractivity (Wildman–Crippen MR) is 49.2 cm³/mol. The molecule has 1 aromatic rings. The van der Waals surface area contributed by atoms with Crippen molar-refractivity contribution in [3.63, 3.8) is 0 Å². The van der Waals surface area contributed by atoms with Gasteiger partial charge in [0.05, 0.1) is 6.10 Å². The van der Waals surface area contributed by atoms with Crippen molar-refractivity contribution in [2.45, 2.75) is 26.6 Å². The average molecular weight is 234 g/mol. The van der Waals surface area contributed by atoms with E-state index < -0.39 is 6.61 Å². The molecular formula is C8H8F2N2O2S. The minimum atomic E-state index is -2.99. The van der Waals surface area contributed by atoms with Gasteiger partial charge in [-0.1, -0.05) is 0 Å². The van der Waals surface area contributed by atoms with Gasteiger partial charge in [0.15, 0.2) is 5.56 Å². The summed E-state index contributed by atoms with van der Waals surface area (Å²) in [6.45, 7) is 0.523. The van der Waals surface area contributed by atoms with Crippen molar-refractivity contribution >= 4 is 11.5 Å². The SMILES string of the molecule is CC(C)Oc1snc(OC(F)F)c1C#N. The second-order valence-electron chi connectivity index (χ2n) is 2.81. The van der Waals surface area contributed by atoms with Crippen LogP contribution in [-0.2, 0) is 0 Å². The molecular weight excluding hydrogens is 226 g/mol. The average Bonchev–Trinajstić information content (AvgIpc) is 2.45. The van der Waals surface area contributed by atoms with E-state index in [1.807, 2.05) is 0 Å². The summed E-state index contributed by atoms with van der Waals surface area (Å²) in [6, 6.07) is 1.72. The van der Waals surface area contributed by atoms with Crippen LogP contribution in [0.2, 0.25) is 0 Å². The quantitative estimate of drug-likeness (QED) is 0.802. The molecule has 15 heavy (non-hydrogen) atoms. The lowest BCUT2D eigenvalue weighted by Gasteiger charge is -2.06. The third-order valence-electron chi connectivity index (χ3n) is 1.28. The van der Waals surface area contributed by atoms with Gasteiger partial charge in [-0.05, 0) is 13.8 Å². The van der Waals surface area contributed by atoms with Gasteiger partial charge in [0.2, 0.25) is 5.06 Å². The molecule has 0 aliphatic rings. The summed E-state index contributed by atoms with van der Waals surface area (Å²) < 4.78 is 36.6. The molecule has 0 fully saturated rings. The van der Waals surface area contributed by atoms with Gasteiger partial charge < -0.3 is 9.47 Å². The van der Waals surface area contributed by atoms with Gasteiger partial charge >= 0.3 is 6.61 Å². The summed E-state index contributed by atoms with van der Waals surface area (Å²) in [6.07, 6.45) is -0.156. The van der Waals surface area contributed by atoms with Crippen LogP contribution in [0.25, 0.3) is 0 Å². The van der Waals surface area contributed by atoms with Crippen LogP contribution in [0.4, 0.5) is 8.78 Å². The van der Waals surface area contributed by atoms with E-state index in [0.29, 0.717) is 0 Å². The van der Waals surface area contributed by atoms with Crippen molar-refractivity contribution < 1.29 is 18.3 Å². The third kappa shape index (κ3) is 3.02. The lowest BCUT2D eigenvalue weighted by atomic mass is 10.4. The molecule has 82 valence electrons. The van der Waals surface area contributed by atoms with E-state index in [2.05, 4.69) is 9.11 Å².